The Balaban J connectivity index is 1.96. The number of nitrogens with two attached hydrogens (primary N) is 1. The summed E-state index contributed by atoms with van der Waals surface area (Å²) in [5, 5.41) is 13.6. The summed E-state index contributed by atoms with van der Waals surface area (Å²) in [6.45, 7) is 0.742. The Labute approximate surface area is 105 Å². The second-order valence-electron chi connectivity index (χ2n) is 4.30. The van der Waals surface area contributed by atoms with E-state index in [4.69, 9.17) is 5.73 Å². The third-order valence-corrected chi connectivity index (χ3v) is 3.62. The number of nitrogen functional groups attached to an aromatic ring is 1. The molecule has 0 aliphatic heterocycles. The van der Waals surface area contributed by atoms with Gasteiger partial charge in [-0.25, -0.2) is 9.97 Å². The zero-order chi connectivity index (χ0) is 12.3. The predicted octanol–water partition coefficient (Wildman–Crippen LogP) is 1.35. The number of rotatable bonds is 4. The number of thioether (sulfide) groups is 1. The number of aliphatic hydroxyl groups is 1. The summed E-state index contributed by atoms with van der Waals surface area (Å²) in [4.78, 5) is 8.40. The smallest absolute Gasteiger partial charge is 0.191 e. The molecule has 1 aromatic rings. The molecule has 1 heterocycles. The van der Waals surface area contributed by atoms with Gasteiger partial charge in [0.1, 0.15) is 11.6 Å². The molecule has 2 rings (SSSR count). The standard InChI is InChI=1S/C11H18N4OS/c1-17-11-14-9(12)5-10(15-11)13-6-7-3-2-4-8(7)16/h5,7-8,16H,2-4,6H2,1H3,(H3,12,13,14,15). The van der Waals surface area contributed by atoms with Crippen molar-refractivity contribution in [1.29, 1.82) is 0 Å². The lowest BCUT2D eigenvalue weighted by atomic mass is 10.1. The predicted molar refractivity (Wildman–Crippen MR) is 70.1 cm³/mol. The summed E-state index contributed by atoms with van der Waals surface area (Å²) in [7, 11) is 0. The van der Waals surface area contributed by atoms with E-state index in [0.29, 0.717) is 16.9 Å². The Morgan fingerprint density at radius 3 is 3.00 bits per heavy atom. The van der Waals surface area contributed by atoms with Crippen molar-refractivity contribution in [1.82, 2.24) is 9.97 Å². The van der Waals surface area contributed by atoms with Gasteiger partial charge in [0.05, 0.1) is 6.10 Å². The van der Waals surface area contributed by atoms with Crippen molar-refractivity contribution in [2.75, 3.05) is 23.9 Å². The van der Waals surface area contributed by atoms with Crippen molar-refractivity contribution in [3.05, 3.63) is 6.07 Å². The normalized spacial score (nSPS) is 23.9. The first kappa shape index (κ1) is 12.4. The Kier molecular flexibility index (Phi) is 4.06. The van der Waals surface area contributed by atoms with Gasteiger partial charge in [0.2, 0.25) is 0 Å². The fourth-order valence-electron chi connectivity index (χ4n) is 2.12. The molecule has 1 saturated carbocycles. The number of aromatic nitrogens is 2. The van der Waals surface area contributed by atoms with Crippen LogP contribution >= 0.6 is 11.8 Å². The van der Waals surface area contributed by atoms with Gasteiger partial charge in [-0.1, -0.05) is 18.2 Å². The molecule has 1 fully saturated rings. The van der Waals surface area contributed by atoms with E-state index in [0.717, 1.165) is 31.6 Å². The van der Waals surface area contributed by atoms with E-state index in [-0.39, 0.29) is 6.10 Å². The number of hydrogen-bond acceptors (Lipinski definition) is 6. The molecule has 0 aromatic carbocycles. The Morgan fingerprint density at radius 2 is 2.35 bits per heavy atom. The Hall–Kier alpha value is -1.01. The van der Waals surface area contributed by atoms with Crippen LogP contribution in [0.15, 0.2) is 11.2 Å². The van der Waals surface area contributed by atoms with Crippen LogP contribution in [0.3, 0.4) is 0 Å². The maximum Gasteiger partial charge on any atom is 0.191 e. The average Bonchev–Trinajstić information content (AvgIpc) is 2.71. The number of nitrogens with one attached hydrogen (secondary N) is 1. The number of aliphatic hydroxyl groups excluding tert-OH is 1. The minimum Gasteiger partial charge on any atom is -0.393 e. The Bertz CT molecular complexity index is 388. The highest BCUT2D eigenvalue weighted by molar-refractivity contribution is 7.98. The molecule has 2 unspecified atom stereocenters. The van der Waals surface area contributed by atoms with Crippen LogP contribution in [0.5, 0.6) is 0 Å². The maximum absolute atomic E-state index is 9.72. The fraction of sp³-hybridized carbons (Fsp3) is 0.636. The minimum atomic E-state index is -0.179. The first-order valence-corrected chi connectivity index (χ1v) is 7.02. The summed E-state index contributed by atoms with van der Waals surface area (Å²) in [6, 6.07) is 1.72. The molecular formula is C11H18N4OS. The van der Waals surface area contributed by atoms with Crippen LogP contribution in [0, 0.1) is 5.92 Å². The van der Waals surface area contributed by atoms with Crippen molar-refractivity contribution < 1.29 is 5.11 Å². The van der Waals surface area contributed by atoms with Crippen LogP contribution in [0.4, 0.5) is 11.6 Å². The third kappa shape index (κ3) is 3.23. The van der Waals surface area contributed by atoms with Crippen LogP contribution in [0.25, 0.3) is 0 Å². The molecule has 0 spiro atoms. The van der Waals surface area contributed by atoms with Gasteiger partial charge < -0.3 is 16.2 Å². The molecule has 0 saturated heterocycles. The van der Waals surface area contributed by atoms with Gasteiger partial charge in [-0.3, -0.25) is 0 Å². The molecule has 5 nitrogen and oxygen atoms in total. The summed E-state index contributed by atoms with van der Waals surface area (Å²) in [5.74, 6) is 1.53. The topological polar surface area (TPSA) is 84.1 Å². The van der Waals surface area contributed by atoms with Gasteiger partial charge in [0, 0.05) is 18.5 Å². The van der Waals surface area contributed by atoms with Crippen LogP contribution in [-0.2, 0) is 0 Å². The van der Waals surface area contributed by atoms with Crippen molar-refractivity contribution in [2.45, 2.75) is 30.5 Å². The highest BCUT2D eigenvalue weighted by atomic mass is 32.2. The highest BCUT2D eigenvalue weighted by Gasteiger charge is 2.24. The second kappa shape index (κ2) is 5.55. The van der Waals surface area contributed by atoms with Crippen LogP contribution < -0.4 is 11.1 Å². The molecule has 2 atom stereocenters. The first-order valence-electron chi connectivity index (χ1n) is 5.79. The molecule has 6 heteroatoms. The molecule has 94 valence electrons. The van der Waals surface area contributed by atoms with Gasteiger partial charge >= 0.3 is 0 Å². The van der Waals surface area contributed by atoms with E-state index < -0.39 is 0 Å². The molecule has 17 heavy (non-hydrogen) atoms. The second-order valence-corrected chi connectivity index (χ2v) is 5.08. The van der Waals surface area contributed by atoms with Crippen LogP contribution in [-0.4, -0.2) is 34.0 Å². The van der Waals surface area contributed by atoms with E-state index in [1.807, 2.05) is 6.26 Å². The van der Waals surface area contributed by atoms with E-state index in [1.165, 1.54) is 11.8 Å². The molecule has 0 radical (unpaired) electrons. The Morgan fingerprint density at radius 1 is 1.53 bits per heavy atom. The van der Waals surface area contributed by atoms with Gasteiger partial charge in [-0.15, -0.1) is 0 Å². The van der Waals surface area contributed by atoms with E-state index in [1.54, 1.807) is 6.07 Å². The zero-order valence-corrected chi connectivity index (χ0v) is 10.7. The van der Waals surface area contributed by atoms with Gasteiger partial charge in [0.15, 0.2) is 5.16 Å². The quantitative estimate of drug-likeness (QED) is 0.555. The van der Waals surface area contributed by atoms with Gasteiger partial charge in [-0.2, -0.15) is 0 Å². The van der Waals surface area contributed by atoms with Crippen molar-refractivity contribution in [2.24, 2.45) is 5.92 Å². The summed E-state index contributed by atoms with van der Waals surface area (Å²) in [6.07, 6.45) is 4.83. The number of anilines is 2. The molecule has 0 bridgehead atoms. The maximum atomic E-state index is 9.72. The largest absolute Gasteiger partial charge is 0.393 e. The summed E-state index contributed by atoms with van der Waals surface area (Å²) < 4.78 is 0. The van der Waals surface area contributed by atoms with E-state index in [2.05, 4.69) is 15.3 Å². The lowest BCUT2D eigenvalue weighted by Gasteiger charge is -2.15. The molecule has 0 amide bonds. The molecule has 1 aromatic heterocycles. The highest BCUT2D eigenvalue weighted by Crippen LogP contribution is 2.26. The molecule has 1 aliphatic rings. The lowest BCUT2D eigenvalue weighted by Crippen LogP contribution is -2.22. The molecule has 1 aliphatic carbocycles. The third-order valence-electron chi connectivity index (χ3n) is 3.07. The lowest BCUT2D eigenvalue weighted by molar-refractivity contribution is 0.138. The summed E-state index contributed by atoms with van der Waals surface area (Å²) in [5.41, 5.74) is 5.69. The van der Waals surface area contributed by atoms with Gasteiger partial charge in [-0.05, 0) is 19.1 Å². The monoisotopic (exact) mass is 254 g/mol. The molecular weight excluding hydrogens is 236 g/mol. The van der Waals surface area contributed by atoms with Crippen molar-refractivity contribution >= 4 is 23.4 Å². The fourth-order valence-corrected chi connectivity index (χ4v) is 2.50. The summed E-state index contributed by atoms with van der Waals surface area (Å²) >= 11 is 1.46. The van der Waals surface area contributed by atoms with E-state index >= 15 is 0 Å². The van der Waals surface area contributed by atoms with Crippen LogP contribution in [0.1, 0.15) is 19.3 Å². The van der Waals surface area contributed by atoms with Gasteiger partial charge in [0.25, 0.3) is 0 Å². The average molecular weight is 254 g/mol. The van der Waals surface area contributed by atoms with Crippen molar-refractivity contribution in [3.8, 4) is 0 Å². The zero-order valence-electron chi connectivity index (χ0n) is 9.89. The van der Waals surface area contributed by atoms with E-state index in [9.17, 15) is 5.11 Å². The van der Waals surface area contributed by atoms with Crippen molar-refractivity contribution in [3.63, 3.8) is 0 Å². The first-order chi connectivity index (χ1) is 8.19. The number of nitrogens with zero attached hydrogens (tertiary/aromatic N) is 2. The number of hydrogen-bond donors (Lipinski definition) is 3. The SMILES string of the molecule is CSc1nc(N)cc(NCC2CCCC2O)n1. The minimum absolute atomic E-state index is 0.179. The van der Waals surface area contributed by atoms with Crippen LogP contribution in [0.2, 0.25) is 0 Å². The molecule has 4 N–H and O–H groups in total.